The Balaban J connectivity index is 1.75. The Kier molecular flexibility index (Phi) is 4.15. The Morgan fingerprint density at radius 1 is 1.35 bits per heavy atom. The smallest absolute Gasteiger partial charge is 0.178 e. The lowest BCUT2D eigenvalue weighted by atomic mass is 9.52. The molecule has 0 bridgehead atoms. The molecule has 0 heterocycles. The molecule has 0 amide bonds. The van der Waals surface area contributed by atoms with Gasteiger partial charge in [0.15, 0.2) is 11.6 Å². The summed E-state index contributed by atoms with van der Waals surface area (Å²) >= 11 is 0. The number of hydrogen-bond donors (Lipinski definition) is 1. The minimum atomic E-state index is -0.333. The van der Waals surface area contributed by atoms with Crippen LogP contribution in [0.25, 0.3) is 0 Å². The second-order valence-electron chi connectivity index (χ2n) is 9.23. The molecule has 0 saturated heterocycles. The maximum atomic E-state index is 12.6. The molecule has 0 aromatic heterocycles. The highest BCUT2D eigenvalue weighted by Gasteiger charge is 2.59. The zero-order valence-corrected chi connectivity index (χ0v) is 16.1. The molecule has 2 unspecified atom stereocenters. The van der Waals surface area contributed by atoms with E-state index in [4.69, 9.17) is 0 Å². The van der Waals surface area contributed by atoms with E-state index in [0.29, 0.717) is 17.8 Å². The van der Waals surface area contributed by atoms with E-state index in [2.05, 4.69) is 32.9 Å². The molecule has 0 aliphatic heterocycles. The fourth-order valence-electron chi connectivity index (χ4n) is 6.84. The fraction of sp³-hybridized carbons (Fsp3) is 0.652. The van der Waals surface area contributed by atoms with E-state index in [1.807, 2.05) is 6.08 Å². The van der Waals surface area contributed by atoms with Gasteiger partial charge in [-0.25, -0.2) is 0 Å². The first kappa shape index (κ1) is 17.9. The highest BCUT2D eigenvalue weighted by atomic mass is 16.3. The molecule has 3 nitrogen and oxygen atoms in total. The van der Waals surface area contributed by atoms with Crippen molar-refractivity contribution in [1.82, 2.24) is 0 Å². The zero-order chi connectivity index (χ0) is 18.7. The van der Waals surface area contributed by atoms with Crippen molar-refractivity contribution in [3.05, 3.63) is 35.5 Å². The lowest BCUT2D eigenvalue weighted by molar-refractivity contribution is -0.131. The van der Waals surface area contributed by atoms with Gasteiger partial charge in [-0.3, -0.25) is 9.59 Å². The Hall–Kier alpha value is -1.48. The first-order chi connectivity index (χ1) is 12.3. The van der Waals surface area contributed by atoms with Gasteiger partial charge in [0.05, 0.1) is 0 Å². The SMILES string of the molecule is CC[C@H]1CC2C3CCC4=CC(=O)C=C[C@]4(C)C3=CC[C@]2(C)[C@H]1C(=O)CO. The van der Waals surface area contributed by atoms with Crippen molar-refractivity contribution in [3.8, 4) is 0 Å². The van der Waals surface area contributed by atoms with Crippen molar-refractivity contribution in [1.29, 1.82) is 0 Å². The Morgan fingerprint density at radius 3 is 2.81 bits per heavy atom. The van der Waals surface area contributed by atoms with Gasteiger partial charge in [0, 0.05) is 11.3 Å². The molecule has 26 heavy (non-hydrogen) atoms. The summed E-state index contributed by atoms with van der Waals surface area (Å²) in [4.78, 5) is 24.4. The molecule has 4 rings (SSSR count). The van der Waals surface area contributed by atoms with Gasteiger partial charge in [0.2, 0.25) is 0 Å². The third-order valence-electron chi connectivity index (χ3n) is 8.15. The van der Waals surface area contributed by atoms with Gasteiger partial charge in [-0.05, 0) is 67.9 Å². The van der Waals surface area contributed by atoms with Crippen molar-refractivity contribution < 1.29 is 14.7 Å². The first-order valence-corrected chi connectivity index (χ1v) is 10.1. The van der Waals surface area contributed by atoms with E-state index < -0.39 is 0 Å². The summed E-state index contributed by atoms with van der Waals surface area (Å²) in [6.07, 6.45) is 13.1. The van der Waals surface area contributed by atoms with Crippen LogP contribution in [0.2, 0.25) is 0 Å². The van der Waals surface area contributed by atoms with Crippen molar-refractivity contribution in [3.63, 3.8) is 0 Å². The third-order valence-corrected chi connectivity index (χ3v) is 8.15. The lowest BCUT2D eigenvalue weighted by Gasteiger charge is -2.52. The quantitative estimate of drug-likeness (QED) is 0.779. The molecule has 4 aliphatic carbocycles. The van der Waals surface area contributed by atoms with Crippen LogP contribution in [0.15, 0.2) is 35.5 Å². The van der Waals surface area contributed by atoms with Crippen molar-refractivity contribution in [2.24, 2.45) is 34.5 Å². The van der Waals surface area contributed by atoms with E-state index in [1.54, 1.807) is 6.08 Å². The number of aliphatic hydroxyl groups is 1. The summed E-state index contributed by atoms with van der Waals surface area (Å²) in [6, 6.07) is 0. The molecule has 0 radical (unpaired) electrons. The number of Topliss-reactive ketones (excluding diaryl/α,β-unsaturated/α-hetero) is 1. The van der Waals surface area contributed by atoms with Crippen molar-refractivity contribution in [2.75, 3.05) is 6.61 Å². The van der Waals surface area contributed by atoms with E-state index in [1.165, 1.54) is 11.1 Å². The largest absolute Gasteiger partial charge is 0.389 e. The number of allylic oxidation sites excluding steroid dienone is 6. The predicted molar refractivity (Wildman–Crippen MR) is 101 cm³/mol. The van der Waals surface area contributed by atoms with Crippen LogP contribution in [0.4, 0.5) is 0 Å². The summed E-state index contributed by atoms with van der Waals surface area (Å²) in [5.74, 6) is 1.48. The Labute approximate surface area is 156 Å². The molecular formula is C23H30O3. The number of hydrogen-bond acceptors (Lipinski definition) is 3. The summed E-state index contributed by atoms with van der Waals surface area (Å²) in [6.45, 7) is 6.38. The second-order valence-corrected chi connectivity index (χ2v) is 9.23. The van der Waals surface area contributed by atoms with Crippen LogP contribution >= 0.6 is 0 Å². The summed E-state index contributed by atoms with van der Waals surface area (Å²) in [7, 11) is 0. The average Bonchev–Trinajstić information content (AvgIpc) is 2.94. The maximum absolute atomic E-state index is 12.6. The first-order valence-electron chi connectivity index (χ1n) is 10.1. The van der Waals surface area contributed by atoms with Gasteiger partial charge in [0.25, 0.3) is 0 Å². The van der Waals surface area contributed by atoms with Gasteiger partial charge in [-0.15, -0.1) is 0 Å². The van der Waals surface area contributed by atoms with Gasteiger partial charge in [-0.2, -0.15) is 0 Å². The molecule has 3 heteroatoms. The van der Waals surface area contributed by atoms with Gasteiger partial charge < -0.3 is 5.11 Å². The zero-order valence-electron chi connectivity index (χ0n) is 16.1. The lowest BCUT2D eigenvalue weighted by Crippen LogP contribution is -2.45. The van der Waals surface area contributed by atoms with Gasteiger partial charge >= 0.3 is 0 Å². The average molecular weight is 354 g/mol. The summed E-state index contributed by atoms with van der Waals surface area (Å²) in [5, 5.41) is 9.55. The fourth-order valence-corrected chi connectivity index (χ4v) is 6.84. The molecular weight excluding hydrogens is 324 g/mol. The Morgan fingerprint density at radius 2 is 2.12 bits per heavy atom. The van der Waals surface area contributed by atoms with Crippen LogP contribution in [0.3, 0.4) is 0 Å². The molecule has 140 valence electrons. The topological polar surface area (TPSA) is 54.4 Å². The van der Waals surface area contributed by atoms with E-state index in [-0.39, 0.29) is 34.9 Å². The second kappa shape index (κ2) is 6.02. The van der Waals surface area contributed by atoms with E-state index >= 15 is 0 Å². The maximum Gasteiger partial charge on any atom is 0.178 e. The van der Waals surface area contributed by atoms with Crippen molar-refractivity contribution >= 4 is 11.6 Å². The molecule has 1 N–H and O–H groups in total. The van der Waals surface area contributed by atoms with Crippen LogP contribution in [0.1, 0.15) is 52.9 Å². The summed E-state index contributed by atoms with van der Waals surface area (Å²) in [5.41, 5.74) is 2.55. The molecule has 0 aromatic rings. The number of ketones is 2. The third kappa shape index (κ3) is 2.29. The standard InChI is InChI=1S/C23H30O3/c1-4-14-11-19-17-6-5-15-12-16(25)7-9-22(15,2)18(17)8-10-23(19,3)21(14)20(26)13-24/h7-9,12,14,17,19,21,24H,4-6,10-11,13H2,1-3H3/t14-,17?,19?,21+,22-,23-/m0/s1. The molecule has 0 spiro atoms. The Bertz CT molecular complexity index is 743. The number of rotatable bonds is 3. The van der Waals surface area contributed by atoms with E-state index in [0.717, 1.165) is 32.1 Å². The van der Waals surface area contributed by atoms with Gasteiger partial charge in [-0.1, -0.05) is 43.6 Å². The number of carbonyl (C=O) groups excluding carboxylic acids is 2. The van der Waals surface area contributed by atoms with E-state index in [9.17, 15) is 14.7 Å². The van der Waals surface area contributed by atoms with Crippen LogP contribution in [-0.2, 0) is 9.59 Å². The van der Waals surface area contributed by atoms with Crippen molar-refractivity contribution in [2.45, 2.75) is 52.9 Å². The number of aliphatic hydroxyl groups excluding tert-OH is 1. The predicted octanol–water partition coefficient (Wildman–Crippen LogP) is 4.03. The minimum absolute atomic E-state index is 0.0199. The van der Waals surface area contributed by atoms with Crippen LogP contribution in [-0.4, -0.2) is 23.3 Å². The minimum Gasteiger partial charge on any atom is -0.389 e. The molecule has 2 fully saturated rings. The summed E-state index contributed by atoms with van der Waals surface area (Å²) < 4.78 is 0. The van der Waals surface area contributed by atoms with Crippen LogP contribution in [0, 0.1) is 34.5 Å². The van der Waals surface area contributed by atoms with Gasteiger partial charge in [0.1, 0.15) is 6.61 Å². The molecule has 6 atom stereocenters. The number of fused-ring (bicyclic) bond motifs is 5. The highest BCUT2D eigenvalue weighted by molar-refractivity contribution is 6.01. The highest BCUT2D eigenvalue weighted by Crippen LogP contribution is 2.65. The van der Waals surface area contributed by atoms with Crippen LogP contribution < -0.4 is 0 Å². The normalized spacial score (nSPS) is 43.9. The monoisotopic (exact) mass is 354 g/mol. The molecule has 4 aliphatic rings. The number of carbonyl (C=O) groups is 2. The molecule has 2 saturated carbocycles. The molecule has 0 aromatic carbocycles. The van der Waals surface area contributed by atoms with Crippen LogP contribution in [0.5, 0.6) is 0 Å².